The van der Waals surface area contributed by atoms with Gasteiger partial charge in [0.2, 0.25) is 5.69 Å². The Morgan fingerprint density at radius 3 is 2.58 bits per heavy atom. The molecule has 0 aliphatic rings. The van der Waals surface area contributed by atoms with Crippen LogP contribution in [0.2, 0.25) is 0 Å². The molecule has 26 heavy (non-hydrogen) atoms. The van der Waals surface area contributed by atoms with Crippen LogP contribution in [-0.2, 0) is 13.4 Å². The highest BCUT2D eigenvalue weighted by Crippen LogP contribution is 2.34. The lowest BCUT2D eigenvalue weighted by atomic mass is 9.99. The van der Waals surface area contributed by atoms with Crippen molar-refractivity contribution in [3.05, 3.63) is 65.6 Å². The minimum Gasteiger partial charge on any atom is -0.456 e. The van der Waals surface area contributed by atoms with Crippen molar-refractivity contribution < 1.29 is 16.1 Å². The number of nitrogens with zero attached hydrogens (tertiary/aromatic N) is 1. The molecule has 4 rings (SSSR count). The molecule has 0 saturated heterocycles. The summed E-state index contributed by atoms with van der Waals surface area (Å²) in [5.74, 6) is -0.431. The number of pyridine rings is 1. The summed E-state index contributed by atoms with van der Waals surface area (Å²) in [6.45, 7) is 5.79. The molecule has 0 aliphatic heterocycles. The van der Waals surface area contributed by atoms with Crippen molar-refractivity contribution in [2.45, 2.75) is 27.1 Å². The lowest BCUT2D eigenvalue weighted by Gasteiger charge is -2.08. The molecule has 0 radical (unpaired) electrons. The van der Waals surface area contributed by atoms with Crippen molar-refractivity contribution in [1.82, 2.24) is 0 Å². The summed E-state index contributed by atoms with van der Waals surface area (Å²) < 4.78 is 38.0. The molecule has 3 heteroatoms. The van der Waals surface area contributed by atoms with E-state index in [1.807, 2.05) is 56.8 Å². The molecule has 2 nitrogen and oxygen atoms in total. The van der Waals surface area contributed by atoms with Crippen molar-refractivity contribution in [1.29, 1.82) is 0 Å². The van der Waals surface area contributed by atoms with E-state index in [0.29, 0.717) is 11.1 Å². The van der Waals surface area contributed by atoms with E-state index in [0.717, 1.165) is 33.2 Å². The normalized spacial score (nSPS) is 13.5. The van der Waals surface area contributed by atoms with Crippen LogP contribution < -0.4 is 4.57 Å². The summed E-state index contributed by atoms with van der Waals surface area (Å²) in [5.41, 5.74) is 5.01. The highest BCUT2D eigenvalue weighted by Gasteiger charge is 2.17. The largest absolute Gasteiger partial charge is 0.456 e. The number of furan rings is 1. The SMILES string of the molecule is [2H]C([2H])(c1ccc(-c2cc3c(cc2C)oc2cc(F)ccc23)[n+](C)c1)C(C)C. The van der Waals surface area contributed by atoms with E-state index in [1.54, 1.807) is 6.07 Å². The third-order valence-electron chi connectivity index (χ3n) is 4.65. The highest BCUT2D eigenvalue weighted by molar-refractivity contribution is 6.06. The predicted molar refractivity (Wildman–Crippen MR) is 104 cm³/mol. The van der Waals surface area contributed by atoms with E-state index >= 15 is 0 Å². The number of halogens is 1. The first-order valence-electron chi connectivity index (χ1n) is 9.81. The number of aryl methyl sites for hydroxylation is 2. The first-order chi connectivity index (χ1) is 13.2. The summed E-state index contributed by atoms with van der Waals surface area (Å²) >= 11 is 0. The van der Waals surface area contributed by atoms with Crippen molar-refractivity contribution in [2.24, 2.45) is 13.0 Å². The van der Waals surface area contributed by atoms with Gasteiger partial charge in [-0.25, -0.2) is 8.96 Å². The van der Waals surface area contributed by atoms with Crippen LogP contribution in [0, 0.1) is 18.7 Å². The Kier molecular flexibility index (Phi) is 3.48. The molecule has 2 aromatic heterocycles. The molecule has 0 fully saturated rings. The second kappa shape index (κ2) is 6.24. The van der Waals surface area contributed by atoms with Crippen LogP contribution in [0.1, 0.15) is 27.7 Å². The Balaban J connectivity index is 1.89. The average molecular weight is 350 g/mol. The highest BCUT2D eigenvalue weighted by atomic mass is 19.1. The van der Waals surface area contributed by atoms with Gasteiger partial charge in [0.25, 0.3) is 0 Å². The van der Waals surface area contributed by atoms with Crippen LogP contribution in [0.25, 0.3) is 33.2 Å². The van der Waals surface area contributed by atoms with E-state index in [-0.39, 0.29) is 11.7 Å². The second-order valence-corrected chi connectivity index (χ2v) is 7.12. The molecular weight excluding hydrogens is 325 g/mol. The zero-order valence-corrected chi connectivity index (χ0v) is 15.4. The average Bonchev–Trinajstić information content (AvgIpc) is 2.96. The Morgan fingerprint density at radius 1 is 1.08 bits per heavy atom. The quantitative estimate of drug-likeness (QED) is 0.432. The van der Waals surface area contributed by atoms with Gasteiger partial charge in [0.05, 0.1) is 0 Å². The molecule has 0 amide bonds. The third kappa shape index (κ3) is 2.88. The molecule has 0 atom stereocenters. The summed E-state index contributed by atoms with van der Waals surface area (Å²) in [7, 11) is 1.93. The first-order valence-corrected chi connectivity index (χ1v) is 8.81. The molecule has 0 saturated carbocycles. The molecular formula is C23H23FNO+. The van der Waals surface area contributed by atoms with E-state index in [2.05, 4.69) is 6.07 Å². The van der Waals surface area contributed by atoms with Gasteiger partial charge in [-0.05, 0) is 55.1 Å². The summed E-state index contributed by atoms with van der Waals surface area (Å²) in [6, 6.07) is 12.5. The molecule has 132 valence electrons. The Morgan fingerprint density at radius 2 is 1.85 bits per heavy atom. The molecule has 0 spiro atoms. The Bertz CT molecular complexity index is 1210. The standard InChI is InChI=1S/C23H23FNO/c1-14(2)9-16-5-8-21(25(4)13-16)19-12-20-18-7-6-17(24)11-23(18)26-22(20)10-15(19)3/h5-8,10-14H,9H2,1-4H3/q+1/i9D2. The monoisotopic (exact) mass is 350 g/mol. The minimum atomic E-state index is -1.39. The molecule has 0 N–H and O–H groups in total. The second-order valence-electron chi connectivity index (χ2n) is 7.12. The number of benzene rings is 2. The number of fused-ring (bicyclic) bond motifs is 3. The lowest BCUT2D eigenvalue weighted by molar-refractivity contribution is -0.660. The lowest BCUT2D eigenvalue weighted by Crippen LogP contribution is -2.31. The third-order valence-corrected chi connectivity index (χ3v) is 4.65. The zero-order chi connectivity index (χ0) is 20.2. The number of aromatic nitrogens is 1. The number of hydrogen-bond acceptors (Lipinski definition) is 1. The van der Waals surface area contributed by atoms with Gasteiger partial charge in [0, 0.05) is 36.8 Å². The van der Waals surface area contributed by atoms with E-state index in [1.165, 1.54) is 12.1 Å². The van der Waals surface area contributed by atoms with Crippen LogP contribution in [0.4, 0.5) is 4.39 Å². The summed E-state index contributed by atoms with van der Waals surface area (Å²) in [4.78, 5) is 0. The molecule has 2 heterocycles. The van der Waals surface area contributed by atoms with Gasteiger partial charge in [-0.15, -0.1) is 0 Å². The maximum Gasteiger partial charge on any atom is 0.212 e. The first kappa shape index (κ1) is 14.5. The van der Waals surface area contributed by atoms with Crippen molar-refractivity contribution in [2.75, 3.05) is 0 Å². The summed E-state index contributed by atoms with van der Waals surface area (Å²) in [6.07, 6.45) is 0.474. The maximum atomic E-state index is 13.5. The minimum absolute atomic E-state index is 0.117. The topological polar surface area (TPSA) is 17.0 Å². The van der Waals surface area contributed by atoms with Crippen LogP contribution in [0.15, 0.2) is 53.1 Å². The van der Waals surface area contributed by atoms with Gasteiger partial charge >= 0.3 is 0 Å². The fraction of sp³-hybridized carbons (Fsp3) is 0.261. The van der Waals surface area contributed by atoms with Crippen molar-refractivity contribution in [3.63, 3.8) is 0 Å². The van der Waals surface area contributed by atoms with Crippen LogP contribution in [0.3, 0.4) is 0 Å². The molecule has 0 unspecified atom stereocenters. The molecule has 0 aliphatic carbocycles. The zero-order valence-electron chi connectivity index (χ0n) is 17.4. The van der Waals surface area contributed by atoms with E-state index in [4.69, 9.17) is 7.16 Å². The predicted octanol–water partition coefficient (Wildman–Crippen LogP) is 5.72. The Labute approximate surface area is 155 Å². The van der Waals surface area contributed by atoms with Gasteiger partial charge in [-0.1, -0.05) is 13.8 Å². The summed E-state index contributed by atoms with van der Waals surface area (Å²) in [5, 5.41) is 1.82. The molecule has 4 aromatic rings. The van der Waals surface area contributed by atoms with Crippen LogP contribution in [0.5, 0.6) is 0 Å². The van der Waals surface area contributed by atoms with Gasteiger partial charge in [0.15, 0.2) is 6.20 Å². The van der Waals surface area contributed by atoms with Crippen molar-refractivity contribution >= 4 is 21.9 Å². The van der Waals surface area contributed by atoms with Gasteiger partial charge < -0.3 is 4.42 Å². The van der Waals surface area contributed by atoms with E-state index < -0.39 is 6.37 Å². The maximum absolute atomic E-state index is 13.5. The number of hydrogen-bond donors (Lipinski definition) is 0. The van der Waals surface area contributed by atoms with E-state index in [9.17, 15) is 4.39 Å². The van der Waals surface area contributed by atoms with Crippen LogP contribution >= 0.6 is 0 Å². The number of rotatable bonds is 3. The van der Waals surface area contributed by atoms with Gasteiger partial charge in [0.1, 0.15) is 24.0 Å². The molecule has 2 aromatic carbocycles. The van der Waals surface area contributed by atoms with Crippen LogP contribution in [-0.4, -0.2) is 0 Å². The van der Waals surface area contributed by atoms with Gasteiger partial charge in [-0.2, -0.15) is 0 Å². The Hall–Kier alpha value is -2.68. The fourth-order valence-electron chi connectivity index (χ4n) is 3.48. The van der Waals surface area contributed by atoms with Gasteiger partial charge in [-0.3, -0.25) is 0 Å². The fourth-order valence-corrected chi connectivity index (χ4v) is 3.48. The smallest absolute Gasteiger partial charge is 0.212 e. The van der Waals surface area contributed by atoms with Crippen molar-refractivity contribution in [3.8, 4) is 11.3 Å². The molecule has 0 bridgehead atoms.